The number of hydrogen-bond acceptors (Lipinski definition) is 11. The molecule has 1 atom stereocenters. The molecular formula is C49H55FN6O9S. The van der Waals surface area contributed by atoms with Crippen molar-refractivity contribution in [1.29, 1.82) is 0 Å². The van der Waals surface area contributed by atoms with E-state index in [9.17, 15) is 27.6 Å². The van der Waals surface area contributed by atoms with Crippen molar-refractivity contribution in [2.75, 3.05) is 36.2 Å². The van der Waals surface area contributed by atoms with Gasteiger partial charge in [0.1, 0.15) is 28.8 Å². The lowest BCUT2D eigenvalue weighted by Gasteiger charge is -2.29. The number of methoxy groups -OCH3 is 1. The number of fused-ring (bicyclic) bond motifs is 5. The van der Waals surface area contributed by atoms with E-state index in [0.717, 1.165) is 17.3 Å². The summed E-state index contributed by atoms with van der Waals surface area (Å²) in [5.41, 5.74) is 1.20. The number of anilines is 3. The van der Waals surface area contributed by atoms with Gasteiger partial charge in [-0.3, -0.25) is 4.79 Å². The number of imide groups is 1. The molecule has 66 heavy (non-hydrogen) atoms. The molecule has 5 aromatic rings. The van der Waals surface area contributed by atoms with Crippen molar-refractivity contribution >= 4 is 61.9 Å². The fraction of sp³-hybridized carbons (Fsp3) is 0.367. The SMILES string of the molecule is COc1ccc(CN2CCc3cccc(c3)C(Nc3ccc4c(N(C(=O)OC(C)(C)C)C(=O)OC(C)(C)C)ncc(F)c4c3)C(=O)N(C)Cc3cc(ccc3S(=O)(=O)C3CC3)NC2=O)cc1. The predicted molar refractivity (Wildman–Crippen MR) is 249 cm³/mol. The number of aromatic nitrogens is 1. The van der Waals surface area contributed by atoms with Crippen molar-refractivity contribution in [2.45, 2.75) is 101 Å². The van der Waals surface area contributed by atoms with Crippen LogP contribution in [0.1, 0.15) is 82.7 Å². The van der Waals surface area contributed by atoms with E-state index < -0.39 is 62.3 Å². The Hall–Kier alpha value is -6.75. The van der Waals surface area contributed by atoms with Crippen molar-refractivity contribution in [3.8, 4) is 5.75 Å². The molecule has 4 aromatic carbocycles. The van der Waals surface area contributed by atoms with E-state index in [0.29, 0.717) is 52.4 Å². The molecule has 5 amide bonds. The number of nitrogens with zero attached hydrogens (tertiary/aromatic N) is 4. The van der Waals surface area contributed by atoms with Crippen LogP contribution < -0.4 is 20.3 Å². The Kier molecular flexibility index (Phi) is 13.3. The molecule has 4 bridgehead atoms. The molecule has 2 N–H and O–H groups in total. The fourth-order valence-electron chi connectivity index (χ4n) is 7.55. The number of amides is 5. The molecule has 7 rings (SSSR count). The zero-order valence-electron chi connectivity index (χ0n) is 38.3. The van der Waals surface area contributed by atoms with Gasteiger partial charge in [-0.05, 0) is 132 Å². The quantitative estimate of drug-likeness (QED) is 0.152. The lowest BCUT2D eigenvalue weighted by molar-refractivity contribution is -0.131. The van der Waals surface area contributed by atoms with Crippen LogP contribution in [0.15, 0.2) is 96.0 Å². The molecule has 348 valence electrons. The Bertz CT molecular complexity index is 2760. The predicted octanol–water partition coefficient (Wildman–Crippen LogP) is 9.40. The molecule has 1 unspecified atom stereocenters. The summed E-state index contributed by atoms with van der Waals surface area (Å²) in [7, 11) is -0.604. The lowest BCUT2D eigenvalue weighted by Crippen LogP contribution is -2.44. The highest BCUT2D eigenvalue weighted by Gasteiger charge is 2.39. The summed E-state index contributed by atoms with van der Waals surface area (Å²) in [6.07, 6.45) is 0.190. The number of sulfone groups is 1. The highest BCUT2D eigenvalue weighted by atomic mass is 32.2. The molecule has 1 aliphatic carbocycles. The Morgan fingerprint density at radius 2 is 1.58 bits per heavy atom. The van der Waals surface area contributed by atoms with E-state index in [1.54, 1.807) is 84.9 Å². The molecule has 15 nitrogen and oxygen atoms in total. The molecule has 2 heterocycles. The molecule has 0 saturated heterocycles. The summed E-state index contributed by atoms with van der Waals surface area (Å²) >= 11 is 0. The number of carbonyl (C=O) groups is 4. The molecule has 1 aromatic heterocycles. The molecule has 17 heteroatoms. The zero-order chi connectivity index (χ0) is 47.7. The number of pyridine rings is 1. The second-order valence-electron chi connectivity index (χ2n) is 18.5. The Morgan fingerprint density at radius 1 is 0.894 bits per heavy atom. The van der Waals surface area contributed by atoms with Crippen LogP contribution in [0.3, 0.4) is 0 Å². The van der Waals surface area contributed by atoms with Crippen LogP contribution in [0.2, 0.25) is 0 Å². The van der Waals surface area contributed by atoms with Gasteiger partial charge in [-0.15, -0.1) is 0 Å². The number of ether oxygens (including phenoxy) is 3. The van der Waals surface area contributed by atoms with E-state index in [2.05, 4.69) is 15.6 Å². The van der Waals surface area contributed by atoms with Crippen LogP contribution in [0, 0.1) is 5.82 Å². The van der Waals surface area contributed by atoms with Crippen LogP contribution in [-0.2, 0) is 43.6 Å². The number of nitrogens with one attached hydrogen (secondary N) is 2. The molecule has 2 aliphatic rings. The van der Waals surface area contributed by atoms with Gasteiger partial charge in [0.2, 0.25) is 5.91 Å². The van der Waals surface area contributed by atoms with E-state index in [4.69, 9.17) is 14.2 Å². The van der Waals surface area contributed by atoms with E-state index >= 15 is 4.39 Å². The first-order valence-electron chi connectivity index (χ1n) is 21.6. The van der Waals surface area contributed by atoms with Gasteiger partial charge in [0.05, 0.1) is 23.5 Å². The Balaban J connectivity index is 1.29. The van der Waals surface area contributed by atoms with Gasteiger partial charge in [-0.2, -0.15) is 4.90 Å². The third-order valence-electron chi connectivity index (χ3n) is 10.9. The summed E-state index contributed by atoms with van der Waals surface area (Å²) in [4.78, 5) is 64.0. The number of rotatable bonds is 8. The third kappa shape index (κ3) is 11.0. The monoisotopic (exact) mass is 922 g/mol. The van der Waals surface area contributed by atoms with Crippen molar-refractivity contribution in [2.24, 2.45) is 0 Å². The van der Waals surface area contributed by atoms with Gasteiger partial charge < -0.3 is 34.6 Å². The summed E-state index contributed by atoms with van der Waals surface area (Å²) in [5, 5.41) is 5.77. The van der Waals surface area contributed by atoms with E-state index in [1.807, 2.05) is 42.5 Å². The van der Waals surface area contributed by atoms with Crippen molar-refractivity contribution in [1.82, 2.24) is 14.8 Å². The average Bonchev–Trinajstić information content (AvgIpc) is 4.11. The standard InChI is InChI=1S/C49H55FN6O9S/c1-48(2,3)64-46(59)56(47(60)65-49(4,5)6)43-38-20-14-35(26-39(38)40(50)27-51-43)52-42-32-11-9-10-30(24-32)22-23-55(28-31-12-16-36(63-8)17-13-31)45(58)53-34-15-21-41(66(61,62)37-18-19-37)33(25-34)29-54(7)44(42)57/h9-17,20-21,24-27,37,42,52H,18-19,22-23,28-29H2,1-8H3,(H,53,58). The fourth-order valence-corrected chi connectivity index (χ4v) is 9.41. The van der Waals surface area contributed by atoms with Crippen LogP contribution in [-0.4, -0.2) is 84.5 Å². The second kappa shape index (κ2) is 18.6. The van der Waals surface area contributed by atoms with E-state index in [1.165, 1.54) is 23.1 Å². The first kappa shape index (κ1) is 47.2. The van der Waals surface area contributed by atoms with Crippen LogP contribution in [0.5, 0.6) is 5.75 Å². The van der Waals surface area contributed by atoms with Crippen molar-refractivity contribution in [3.63, 3.8) is 0 Å². The summed E-state index contributed by atoms with van der Waals surface area (Å²) in [5.74, 6) is -0.770. The number of likely N-dealkylation sites (N-methyl/N-ethyl adjacent to an activating group) is 1. The number of carbonyl (C=O) groups excluding carboxylic acids is 4. The van der Waals surface area contributed by atoms with Crippen LogP contribution in [0.25, 0.3) is 10.8 Å². The van der Waals surface area contributed by atoms with E-state index in [-0.39, 0.29) is 41.1 Å². The van der Waals surface area contributed by atoms with Crippen molar-refractivity contribution in [3.05, 3.63) is 119 Å². The molecule has 1 aliphatic heterocycles. The van der Waals surface area contributed by atoms with Crippen LogP contribution >= 0.6 is 0 Å². The number of halogens is 1. The van der Waals surface area contributed by atoms with Gasteiger partial charge in [0.25, 0.3) is 0 Å². The van der Waals surface area contributed by atoms with Gasteiger partial charge in [0.15, 0.2) is 15.7 Å². The molecule has 0 spiro atoms. The van der Waals surface area contributed by atoms with Crippen molar-refractivity contribution < 1.29 is 46.2 Å². The Labute approximate surface area is 384 Å². The summed E-state index contributed by atoms with van der Waals surface area (Å²) in [6.45, 7) is 10.2. The maximum Gasteiger partial charge on any atom is 0.425 e. The van der Waals surface area contributed by atoms with Gasteiger partial charge in [0, 0.05) is 48.8 Å². The summed E-state index contributed by atoms with van der Waals surface area (Å²) in [6, 6.07) is 22.4. The zero-order valence-corrected chi connectivity index (χ0v) is 39.1. The van der Waals surface area contributed by atoms with Crippen LogP contribution in [0.4, 0.5) is 36.0 Å². The summed E-state index contributed by atoms with van der Waals surface area (Å²) < 4.78 is 59.9. The molecule has 0 radical (unpaired) electrons. The number of benzene rings is 4. The highest BCUT2D eigenvalue weighted by molar-refractivity contribution is 7.92. The topological polar surface area (TPSA) is 177 Å². The van der Waals surface area contributed by atoms with Gasteiger partial charge in [-0.1, -0.05) is 36.4 Å². The first-order valence-corrected chi connectivity index (χ1v) is 23.2. The third-order valence-corrected chi connectivity index (χ3v) is 13.2. The molecule has 1 saturated carbocycles. The minimum atomic E-state index is -3.75. The van der Waals surface area contributed by atoms with Gasteiger partial charge in [-0.25, -0.2) is 32.2 Å². The average molecular weight is 923 g/mol. The second-order valence-corrected chi connectivity index (χ2v) is 20.7. The van der Waals surface area contributed by atoms with Gasteiger partial charge >= 0.3 is 18.2 Å². The highest BCUT2D eigenvalue weighted by Crippen LogP contribution is 2.37. The first-order chi connectivity index (χ1) is 31.1. The normalized spacial score (nSPS) is 16.2. The maximum absolute atomic E-state index is 15.9. The maximum atomic E-state index is 15.9. The molecular weight excluding hydrogens is 868 g/mol. The largest absolute Gasteiger partial charge is 0.497 e. The lowest BCUT2D eigenvalue weighted by atomic mass is 10.00. The number of hydrogen-bond donors (Lipinski definition) is 2. The minimum absolute atomic E-state index is 0.0327. The molecule has 1 fully saturated rings. The smallest absolute Gasteiger partial charge is 0.425 e. The number of urea groups is 1. The Morgan fingerprint density at radius 3 is 2.21 bits per heavy atom. The minimum Gasteiger partial charge on any atom is -0.497 e.